The van der Waals surface area contributed by atoms with Crippen LogP contribution >= 0.6 is 11.3 Å². The van der Waals surface area contributed by atoms with Gasteiger partial charge in [-0.05, 0) is 6.08 Å². The number of esters is 1. The molecule has 21 heavy (non-hydrogen) atoms. The van der Waals surface area contributed by atoms with E-state index in [4.69, 9.17) is 6.42 Å². The molecular weight excluding hydrogens is 314 g/mol. The highest BCUT2D eigenvalue weighted by Gasteiger charge is 2.33. The smallest absolute Gasteiger partial charge is 0.355 e. The minimum Gasteiger partial charge on any atom is -0.464 e. The Balaban J connectivity index is 2.50. The zero-order valence-corrected chi connectivity index (χ0v) is 12.6. The summed E-state index contributed by atoms with van der Waals surface area (Å²) in [5, 5.41) is 2.08. The molecule has 0 aromatic carbocycles. The van der Waals surface area contributed by atoms with E-state index >= 15 is 0 Å². The predicted octanol–water partition coefficient (Wildman–Crippen LogP) is 0.573. The molecule has 1 aliphatic heterocycles. The Kier molecular flexibility index (Phi) is 4.40. The minimum atomic E-state index is -4.05. The standard InChI is InChI=1S/C12H11N3O4S2/c1-3-4-6-15-10(12(16)19-2)8-9(14-21(15,17)18)11-13-5-7-20-11/h1,5,7-8H,4,6H2,2H3. The highest BCUT2D eigenvalue weighted by molar-refractivity contribution is 7.88. The number of rotatable bonds is 4. The zero-order valence-electron chi connectivity index (χ0n) is 11.0. The second-order valence-corrected chi connectivity index (χ2v) is 6.25. The molecule has 2 rings (SSSR count). The average Bonchev–Trinajstić information content (AvgIpc) is 2.98. The Labute approximate surface area is 126 Å². The van der Waals surface area contributed by atoms with Crippen LogP contribution in [0.1, 0.15) is 11.4 Å². The summed E-state index contributed by atoms with van der Waals surface area (Å²) in [6.45, 7) is -0.0472. The van der Waals surface area contributed by atoms with E-state index in [1.807, 2.05) is 0 Å². The summed E-state index contributed by atoms with van der Waals surface area (Å²) in [5.74, 6) is 1.55. The molecule has 1 aromatic rings. The highest BCUT2D eigenvalue weighted by Crippen LogP contribution is 2.23. The van der Waals surface area contributed by atoms with Crippen molar-refractivity contribution in [1.29, 1.82) is 0 Å². The van der Waals surface area contributed by atoms with Gasteiger partial charge in [0.1, 0.15) is 16.4 Å². The predicted molar refractivity (Wildman–Crippen MR) is 77.8 cm³/mol. The van der Waals surface area contributed by atoms with Crippen LogP contribution < -0.4 is 0 Å². The van der Waals surface area contributed by atoms with Crippen molar-refractivity contribution in [3.05, 3.63) is 28.4 Å². The number of carbonyl (C=O) groups is 1. The maximum Gasteiger partial charge on any atom is 0.355 e. The van der Waals surface area contributed by atoms with E-state index in [1.54, 1.807) is 5.38 Å². The fourth-order valence-electron chi connectivity index (χ4n) is 1.64. The van der Waals surface area contributed by atoms with Gasteiger partial charge >= 0.3 is 16.2 Å². The second kappa shape index (κ2) is 6.07. The molecular formula is C12H11N3O4S2. The number of nitrogens with zero attached hydrogens (tertiary/aromatic N) is 3. The van der Waals surface area contributed by atoms with Crippen LogP contribution in [0.2, 0.25) is 0 Å². The summed E-state index contributed by atoms with van der Waals surface area (Å²) in [6, 6.07) is 0. The molecule has 0 N–H and O–H groups in total. The van der Waals surface area contributed by atoms with Crippen LogP contribution in [-0.2, 0) is 19.7 Å². The molecule has 2 heterocycles. The first-order valence-corrected chi connectivity index (χ1v) is 8.03. The Morgan fingerprint density at radius 2 is 2.33 bits per heavy atom. The number of ether oxygens (including phenoxy) is 1. The first-order valence-electron chi connectivity index (χ1n) is 5.75. The minimum absolute atomic E-state index is 0.0472. The molecule has 0 radical (unpaired) electrons. The lowest BCUT2D eigenvalue weighted by Gasteiger charge is -2.25. The molecule has 9 heteroatoms. The maximum atomic E-state index is 12.2. The van der Waals surface area contributed by atoms with Gasteiger partial charge in [0.15, 0.2) is 0 Å². The van der Waals surface area contributed by atoms with E-state index in [0.717, 1.165) is 4.31 Å². The van der Waals surface area contributed by atoms with E-state index in [0.29, 0.717) is 5.01 Å². The van der Waals surface area contributed by atoms with Crippen LogP contribution in [0.4, 0.5) is 0 Å². The molecule has 0 bridgehead atoms. The lowest BCUT2D eigenvalue weighted by Crippen LogP contribution is -2.37. The van der Waals surface area contributed by atoms with Crippen molar-refractivity contribution in [2.75, 3.05) is 13.7 Å². The van der Waals surface area contributed by atoms with E-state index in [1.165, 1.54) is 30.7 Å². The molecule has 0 saturated carbocycles. The quantitative estimate of drug-likeness (QED) is 0.596. The number of carbonyl (C=O) groups excluding carboxylic acids is 1. The fourth-order valence-corrected chi connectivity index (χ4v) is 3.48. The van der Waals surface area contributed by atoms with Crippen molar-refractivity contribution < 1.29 is 17.9 Å². The highest BCUT2D eigenvalue weighted by atomic mass is 32.2. The van der Waals surface area contributed by atoms with Gasteiger partial charge in [0.2, 0.25) is 0 Å². The number of aromatic nitrogens is 1. The maximum absolute atomic E-state index is 12.2. The molecule has 1 aromatic heterocycles. The van der Waals surface area contributed by atoms with E-state index in [-0.39, 0.29) is 24.4 Å². The van der Waals surface area contributed by atoms with Gasteiger partial charge < -0.3 is 4.74 Å². The summed E-state index contributed by atoms with van der Waals surface area (Å²) in [6.07, 6.45) is 8.14. The van der Waals surface area contributed by atoms with Gasteiger partial charge in [-0.15, -0.1) is 28.1 Å². The van der Waals surface area contributed by atoms with Crippen molar-refractivity contribution >= 4 is 33.2 Å². The second-order valence-electron chi connectivity index (χ2n) is 3.84. The van der Waals surface area contributed by atoms with Crippen molar-refractivity contribution in [2.24, 2.45) is 4.40 Å². The molecule has 0 aliphatic carbocycles. The van der Waals surface area contributed by atoms with Crippen molar-refractivity contribution in [2.45, 2.75) is 6.42 Å². The van der Waals surface area contributed by atoms with Gasteiger partial charge in [-0.1, -0.05) is 0 Å². The van der Waals surface area contributed by atoms with E-state index in [2.05, 4.69) is 20.0 Å². The molecule has 1 aliphatic rings. The third-order valence-electron chi connectivity index (χ3n) is 2.54. The monoisotopic (exact) mass is 325 g/mol. The molecule has 0 spiro atoms. The first kappa shape index (κ1) is 15.2. The Bertz CT molecular complexity index is 742. The van der Waals surface area contributed by atoms with Crippen molar-refractivity contribution in [3.63, 3.8) is 0 Å². The topological polar surface area (TPSA) is 88.9 Å². The summed E-state index contributed by atoms with van der Waals surface area (Å²) in [5.41, 5.74) is -0.0321. The first-order chi connectivity index (χ1) is 9.99. The van der Waals surface area contributed by atoms with E-state index in [9.17, 15) is 13.2 Å². The average molecular weight is 325 g/mol. The number of hydrogen-bond acceptors (Lipinski definition) is 6. The molecule has 0 unspecified atom stereocenters. The molecule has 0 amide bonds. The van der Waals surface area contributed by atoms with Crippen LogP contribution in [0.5, 0.6) is 0 Å². The van der Waals surface area contributed by atoms with Gasteiger partial charge in [0.25, 0.3) is 0 Å². The molecule has 0 fully saturated rings. The fraction of sp³-hybridized carbons (Fsp3) is 0.250. The SMILES string of the molecule is C#CCCN1C(C(=O)OC)=CC(c2nccs2)=NS1(=O)=O. The number of methoxy groups -OCH3 is 1. The molecule has 110 valence electrons. The van der Waals surface area contributed by atoms with Crippen LogP contribution in [0, 0.1) is 12.3 Å². The summed E-state index contributed by atoms with van der Waals surface area (Å²) in [4.78, 5) is 15.8. The summed E-state index contributed by atoms with van der Waals surface area (Å²) >= 11 is 1.22. The number of hydrogen-bond donors (Lipinski definition) is 0. The third kappa shape index (κ3) is 3.12. The molecule has 7 nitrogen and oxygen atoms in total. The van der Waals surface area contributed by atoms with Crippen molar-refractivity contribution in [1.82, 2.24) is 9.29 Å². The Hall–Kier alpha value is -2.18. The van der Waals surface area contributed by atoms with Gasteiger partial charge in [-0.25, -0.2) is 14.1 Å². The molecule has 0 atom stereocenters. The van der Waals surface area contributed by atoms with Crippen molar-refractivity contribution in [3.8, 4) is 12.3 Å². The van der Waals surface area contributed by atoms with Gasteiger partial charge in [-0.2, -0.15) is 8.42 Å². The van der Waals surface area contributed by atoms with Crippen LogP contribution in [0.15, 0.2) is 27.7 Å². The number of thiazole rings is 1. The normalized spacial score (nSPS) is 16.7. The number of terminal acetylenes is 1. The number of allylic oxidation sites excluding steroid dienone is 1. The lowest BCUT2D eigenvalue weighted by molar-refractivity contribution is -0.137. The largest absolute Gasteiger partial charge is 0.464 e. The van der Waals surface area contributed by atoms with Crippen LogP contribution in [0.25, 0.3) is 0 Å². The van der Waals surface area contributed by atoms with E-state index < -0.39 is 16.2 Å². The van der Waals surface area contributed by atoms with Crippen LogP contribution in [-0.4, -0.2) is 43.0 Å². The van der Waals surface area contributed by atoms with Gasteiger partial charge in [-0.3, -0.25) is 0 Å². The lowest BCUT2D eigenvalue weighted by atomic mass is 10.3. The van der Waals surface area contributed by atoms with Gasteiger partial charge in [0.05, 0.1) is 7.11 Å². The molecule has 0 saturated heterocycles. The summed E-state index contributed by atoms with van der Waals surface area (Å²) < 4.78 is 33.6. The Morgan fingerprint density at radius 1 is 1.57 bits per heavy atom. The zero-order chi connectivity index (χ0) is 15.5. The Morgan fingerprint density at radius 3 is 2.90 bits per heavy atom. The third-order valence-corrected chi connectivity index (χ3v) is 4.70. The summed E-state index contributed by atoms with van der Waals surface area (Å²) in [7, 11) is -2.88. The van der Waals surface area contributed by atoms with Gasteiger partial charge in [0, 0.05) is 24.5 Å². The van der Waals surface area contributed by atoms with Crippen LogP contribution in [0.3, 0.4) is 0 Å².